The Kier molecular flexibility index (Phi) is 6.53. The average Bonchev–Trinajstić information content (AvgIpc) is 2.85. The summed E-state index contributed by atoms with van der Waals surface area (Å²) >= 11 is 0. The topological polar surface area (TPSA) is 50.4 Å². The number of halogens is 1. The first-order valence-corrected chi connectivity index (χ1v) is 8.87. The molecule has 0 saturated heterocycles. The second-order valence-corrected chi connectivity index (χ2v) is 7.39. The molecule has 0 unspecified atom stereocenters. The number of anilines is 1. The van der Waals surface area contributed by atoms with E-state index in [2.05, 4.69) is 24.5 Å². The third kappa shape index (κ3) is 4.22. The summed E-state index contributed by atoms with van der Waals surface area (Å²) in [5.74, 6) is 1.67. The lowest BCUT2D eigenvalue weighted by Crippen LogP contribution is -2.35. The van der Waals surface area contributed by atoms with Gasteiger partial charge in [-0.05, 0) is 43.4 Å². The van der Waals surface area contributed by atoms with E-state index in [0.717, 1.165) is 49.4 Å². The summed E-state index contributed by atoms with van der Waals surface area (Å²) in [5, 5.41) is 6.51. The van der Waals surface area contributed by atoms with Crippen molar-refractivity contribution in [3.05, 3.63) is 23.8 Å². The summed E-state index contributed by atoms with van der Waals surface area (Å²) in [6.45, 7) is 6.75. The number of rotatable bonds is 4. The predicted molar refractivity (Wildman–Crippen MR) is 99.9 cm³/mol. The number of benzene rings is 1. The fraction of sp³-hybridized carbons (Fsp3) is 0.632. The van der Waals surface area contributed by atoms with Crippen LogP contribution in [0.5, 0.6) is 5.75 Å². The van der Waals surface area contributed by atoms with Gasteiger partial charge in [0.2, 0.25) is 5.91 Å². The largest absolute Gasteiger partial charge is 0.492 e. The van der Waals surface area contributed by atoms with Crippen LogP contribution in [0.4, 0.5) is 5.69 Å². The van der Waals surface area contributed by atoms with Gasteiger partial charge >= 0.3 is 0 Å². The van der Waals surface area contributed by atoms with Crippen molar-refractivity contribution >= 4 is 24.0 Å². The molecular weight excluding hydrogens is 324 g/mol. The van der Waals surface area contributed by atoms with E-state index in [1.54, 1.807) is 0 Å². The first kappa shape index (κ1) is 19.1. The van der Waals surface area contributed by atoms with Gasteiger partial charge in [-0.25, -0.2) is 0 Å². The van der Waals surface area contributed by atoms with Crippen molar-refractivity contribution in [2.45, 2.75) is 52.5 Å². The summed E-state index contributed by atoms with van der Waals surface area (Å²) in [6.07, 6.45) is 5.36. The summed E-state index contributed by atoms with van der Waals surface area (Å²) in [6, 6.07) is 5.98. The molecule has 0 spiro atoms. The van der Waals surface area contributed by atoms with Crippen molar-refractivity contribution in [3.63, 3.8) is 0 Å². The molecule has 1 amide bonds. The molecule has 0 atom stereocenters. The normalized spacial score (nSPS) is 19.0. The second kappa shape index (κ2) is 8.21. The molecule has 1 aliphatic carbocycles. The minimum absolute atomic E-state index is 0. The van der Waals surface area contributed by atoms with Crippen LogP contribution < -0.4 is 15.4 Å². The smallest absolute Gasteiger partial charge is 0.230 e. The van der Waals surface area contributed by atoms with Gasteiger partial charge in [0, 0.05) is 29.8 Å². The van der Waals surface area contributed by atoms with Gasteiger partial charge in [0.05, 0.1) is 0 Å². The third-order valence-corrected chi connectivity index (χ3v) is 5.01. The quantitative estimate of drug-likeness (QED) is 0.856. The van der Waals surface area contributed by atoms with Crippen LogP contribution in [0, 0.1) is 11.3 Å². The Hall–Kier alpha value is -1.26. The highest BCUT2D eigenvalue weighted by Crippen LogP contribution is 2.44. The van der Waals surface area contributed by atoms with Gasteiger partial charge in [-0.1, -0.05) is 26.7 Å². The molecule has 24 heavy (non-hydrogen) atoms. The molecule has 5 heteroatoms. The monoisotopic (exact) mass is 352 g/mol. The summed E-state index contributed by atoms with van der Waals surface area (Å²) in [4.78, 5) is 13.0. The SMILES string of the molecule is CC(C)CC1(C(=O)Nc2ccc3c(c2)CNCCO3)CCCC1.Cl. The molecule has 1 aliphatic heterocycles. The van der Waals surface area contributed by atoms with Gasteiger partial charge in [-0.15, -0.1) is 12.4 Å². The molecule has 134 valence electrons. The van der Waals surface area contributed by atoms with E-state index in [1.165, 1.54) is 12.8 Å². The van der Waals surface area contributed by atoms with Gasteiger partial charge in [-0.2, -0.15) is 0 Å². The Morgan fingerprint density at radius 2 is 2.08 bits per heavy atom. The minimum atomic E-state index is -0.171. The number of fused-ring (bicyclic) bond motifs is 1. The molecule has 3 rings (SSSR count). The van der Waals surface area contributed by atoms with Crippen LogP contribution in [0.3, 0.4) is 0 Å². The molecule has 2 aliphatic rings. The number of hydrogen-bond donors (Lipinski definition) is 2. The van der Waals surface area contributed by atoms with E-state index in [9.17, 15) is 4.79 Å². The standard InChI is InChI=1S/C19H28N2O2.ClH/c1-14(2)12-19(7-3-4-8-19)18(22)21-16-5-6-17-15(11-16)13-20-9-10-23-17;/h5-6,11,14,20H,3-4,7-10,12-13H2,1-2H3,(H,21,22);1H. The van der Waals surface area contributed by atoms with Gasteiger partial charge in [-0.3, -0.25) is 4.79 Å². The van der Waals surface area contributed by atoms with Crippen LogP contribution in [0.15, 0.2) is 18.2 Å². The molecule has 1 aromatic rings. The lowest BCUT2D eigenvalue weighted by molar-refractivity contribution is -0.126. The number of ether oxygens (including phenoxy) is 1. The molecule has 4 nitrogen and oxygen atoms in total. The number of amides is 1. The van der Waals surface area contributed by atoms with Crippen molar-refractivity contribution in [1.82, 2.24) is 5.32 Å². The van der Waals surface area contributed by atoms with Crippen molar-refractivity contribution in [1.29, 1.82) is 0 Å². The number of carbonyl (C=O) groups is 1. The fourth-order valence-corrected chi connectivity index (χ4v) is 4.01. The Bertz CT molecular complexity index is 568. The maximum Gasteiger partial charge on any atom is 0.230 e. The molecule has 0 radical (unpaired) electrons. The Balaban J connectivity index is 0.00000208. The van der Waals surface area contributed by atoms with Gasteiger partial charge < -0.3 is 15.4 Å². The van der Waals surface area contributed by atoms with E-state index in [0.29, 0.717) is 12.5 Å². The lowest BCUT2D eigenvalue weighted by Gasteiger charge is -2.29. The summed E-state index contributed by atoms with van der Waals surface area (Å²) < 4.78 is 5.71. The number of hydrogen-bond acceptors (Lipinski definition) is 3. The maximum atomic E-state index is 13.0. The van der Waals surface area contributed by atoms with Crippen molar-refractivity contribution < 1.29 is 9.53 Å². The van der Waals surface area contributed by atoms with Crippen LogP contribution in [-0.2, 0) is 11.3 Å². The molecule has 2 N–H and O–H groups in total. The molecule has 0 bridgehead atoms. The highest BCUT2D eigenvalue weighted by molar-refractivity contribution is 5.95. The Morgan fingerprint density at radius 1 is 1.33 bits per heavy atom. The minimum Gasteiger partial charge on any atom is -0.492 e. The average molecular weight is 353 g/mol. The number of nitrogens with one attached hydrogen (secondary N) is 2. The summed E-state index contributed by atoms with van der Waals surface area (Å²) in [5.41, 5.74) is 1.83. The molecule has 1 heterocycles. The van der Waals surface area contributed by atoms with Gasteiger partial charge in [0.25, 0.3) is 0 Å². The zero-order valence-electron chi connectivity index (χ0n) is 14.7. The van der Waals surface area contributed by atoms with Crippen molar-refractivity contribution in [3.8, 4) is 5.75 Å². The second-order valence-electron chi connectivity index (χ2n) is 7.39. The van der Waals surface area contributed by atoms with E-state index in [4.69, 9.17) is 4.74 Å². The first-order valence-electron chi connectivity index (χ1n) is 8.87. The zero-order valence-corrected chi connectivity index (χ0v) is 15.5. The summed E-state index contributed by atoms with van der Waals surface area (Å²) in [7, 11) is 0. The highest BCUT2D eigenvalue weighted by Gasteiger charge is 2.41. The van der Waals surface area contributed by atoms with E-state index < -0.39 is 0 Å². The highest BCUT2D eigenvalue weighted by atomic mass is 35.5. The van der Waals surface area contributed by atoms with Crippen LogP contribution in [-0.4, -0.2) is 19.1 Å². The van der Waals surface area contributed by atoms with Gasteiger partial charge in [0.1, 0.15) is 12.4 Å². The molecule has 1 fully saturated rings. The Morgan fingerprint density at radius 3 is 2.79 bits per heavy atom. The number of carbonyl (C=O) groups excluding carboxylic acids is 1. The van der Waals surface area contributed by atoms with E-state index >= 15 is 0 Å². The maximum absolute atomic E-state index is 13.0. The van der Waals surface area contributed by atoms with Crippen LogP contribution in [0.25, 0.3) is 0 Å². The molecule has 0 aromatic heterocycles. The van der Waals surface area contributed by atoms with Crippen molar-refractivity contribution in [2.75, 3.05) is 18.5 Å². The van der Waals surface area contributed by atoms with Crippen LogP contribution in [0.1, 0.15) is 51.5 Å². The third-order valence-electron chi connectivity index (χ3n) is 5.01. The molecule has 1 aromatic carbocycles. The van der Waals surface area contributed by atoms with E-state index in [1.807, 2.05) is 18.2 Å². The van der Waals surface area contributed by atoms with Gasteiger partial charge in [0.15, 0.2) is 0 Å². The van der Waals surface area contributed by atoms with Crippen LogP contribution in [0.2, 0.25) is 0 Å². The van der Waals surface area contributed by atoms with E-state index in [-0.39, 0.29) is 23.7 Å². The Labute approximate surface area is 151 Å². The fourth-order valence-electron chi connectivity index (χ4n) is 4.01. The molecular formula is C19H29ClN2O2. The predicted octanol–water partition coefficient (Wildman–Crippen LogP) is 4.14. The lowest BCUT2D eigenvalue weighted by atomic mass is 9.77. The first-order chi connectivity index (χ1) is 11.1. The van der Waals surface area contributed by atoms with Crippen LogP contribution >= 0.6 is 12.4 Å². The van der Waals surface area contributed by atoms with Crippen molar-refractivity contribution in [2.24, 2.45) is 11.3 Å². The zero-order chi connectivity index (χ0) is 16.3. The molecule has 1 saturated carbocycles.